The first-order chi connectivity index (χ1) is 11.6. The second kappa shape index (κ2) is 6.71. The number of benzene rings is 2. The highest BCUT2D eigenvalue weighted by molar-refractivity contribution is 6.06. The average molecular weight is 320 g/mol. The summed E-state index contributed by atoms with van der Waals surface area (Å²) < 4.78 is 0. The summed E-state index contributed by atoms with van der Waals surface area (Å²) in [4.78, 5) is 26.1. The third-order valence-corrected chi connectivity index (χ3v) is 4.43. The summed E-state index contributed by atoms with van der Waals surface area (Å²) in [5.74, 6) is -0.500. The first-order valence-electron chi connectivity index (χ1n) is 8.03. The van der Waals surface area contributed by atoms with Crippen molar-refractivity contribution in [2.45, 2.75) is 19.4 Å². The van der Waals surface area contributed by atoms with Gasteiger partial charge in [-0.3, -0.25) is 9.59 Å². The van der Waals surface area contributed by atoms with E-state index in [0.717, 1.165) is 17.6 Å². The molecule has 0 fully saturated rings. The SMILES string of the molecule is CC1/C(=C\C(N)=O)c2ccccc2C(=O)N1CCc1ccccc1. The van der Waals surface area contributed by atoms with Gasteiger partial charge in [0.15, 0.2) is 0 Å². The van der Waals surface area contributed by atoms with Crippen molar-refractivity contribution in [2.24, 2.45) is 5.73 Å². The van der Waals surface area contributed by atoms with Crippen LogP contribution in [0.3, 0.4) is 0 Å². The van der Waals surface area contributed by atoms with Gasteiger partial charge in [-0.25, -0.2) is 0 Å². The molecule has 0 aromatic heterocycles. The van der Waals surface area contributed by atoms with Gasteiger partial charge in [-0.2, -0.15) is 0 Å². The van der Waals surface area contributed by atoms with Gasteiger partial charge in [0.1, 0.15) is 0 Å². The summed E-state index contributed by atoms with van der Waals surface area (Å²) in [6.07, 6.45) is 2.20. The zero-order valence-electron chi connectivity index (χ0n) is 13.6. The van der Waals surface area contributed by atoms with E-state index in [1.165, 1.54) is 11.6 Å². The third kappa shape index (κ3) is 3.08. The molecule has 122 valence electrons. The van der Waals surface area contributed by atoms with E-state index in [1.54, 1.807) is 6.07 Å². The molecule has 3 rings (SSSR count). The van der Waals surface area contributed by atoms with Crippen molar-refractivity contribution < 1.29 is 9.59 Å². The maximum Gasteiger partial charge on any atom is 0.254 e. The Hall–Kier alpha value is -2.88. The number of amides is 2. The van der Waals surface area contributed by atoms with Crippen molar-refractivity contribution in [1.82, 2.24) is 4.90 Å². The van der Waals surface area contributed by atoms with Gasteiger partial charge >= 0.3 is 0 Å². The molecule has 0 aliphatic carbocycles. The molecule has 2 N–H and O–H groups in total. The summed E-state index contributed by atoms with van der Waals surface area (Å²) in [6.45, 7) is 2.53. The molecule has 0 bridgehead atoms. The lowest BCUT2D eigenvalue weighted by Crippen LogP contribution is -2.44. The average Bonchev–Trinajstić information content (AvgIpc) is 2.59. The number of rotatable bonds is 4. The predicted molar refractivity (Wildman–Crippen MR) is 94.3 cm³/mol. The number of primary amides is 1. The van der Waals surface area contributed by atoms with Crippen LogP contribution in [0.15, 0.2) is 60.7 Å². The number of nitrogens with two attached hydrogens (primary N) is 1. The fourth-order valence-corrected chi connectivity index (χ4v) is 3.19. The van der Waals surface area contributed by atoms with Crippen LogP contribution in [0, 0.1) is 0 Å². The number of hydrogen-bond acceptors (Lipinski definition) is 2. The monoisotopic (exact) mass is 320 g/mol. The van der Waals surface area contributed by atoms with Crippen LogP contribution in [0.4, 0.5) is 0 Å². The van der Waals surface area contributed by atoms with Gasteiger partial charge in [0.2, 0.25) is 5.91 Å². The molecule has 1 aliphatic rings. The van der Waals surface area contributed by atoms with Crippen LogP contribution in [0.1, 0.15) is 28.4 Å². The molecule has 4 heteroatoms. The Kier molecular flexibility index (Phi) is 4.47. The van der Waals surface area contributed by atoms with Crippen LogP contribution < -0.4 is 5.73 Å². The molecule has 1 unspecified atom stereocenters. The maximum absolute atomic E-state index is 12.9. The normalized spacial score (nSPS) is 18.5. The van der Waals surface area contributed by atoms with E-state index in [-0.39, 0.29) is 11.9 Å². The second-order valence-electron chi connectivity index (χ2n) is 5.96. The van der Waals surface area contributed by atoms with Crippen LogP contribution in [0.5, 0.6) is 0 Å². The predicted octanol–water partition coefficient (Wildman–Crippen LogP) is 2.64. The first-order valence-corrected chi connectivity index (χ1v) is 8.03. The Morgan fingerprint density at radius 3 is 2.38 bits per heavy atom. The number of carbonyl (C=O) groups is 2. The highest BCUT2D eigenvalue weighted by atomic mass is 16.2. The molecular weight excluding hydrogens is 300 g/mol. The zero-order valence-corrected chi connectivity index (χ0v) is 13.6. The number of hydrogen-bond donors (Lipinski definition) is 1. The third-order valence-electron chi connectivity index (χ3n) is 4.43. The molecule has 2 aromatic rings. The molecule has 0 radical (unpaired) electrons. The van der Waals surface area contributed by atoms with Gasteiger partial charge in [0.25, 0.3) is 5.91 Å². The van der Waals surface area contributed by atoms with Gasteiger partial charge in [0.05, 0.1) is 6.04 Å². The van der Waals surface area contributed by atoms with Crippen LogP contribution >= 0.6 is 0 Å². The summed E-state index contributed by atoms with van der Waals surface area (Å²) in [5.41, 5.74) is 8.76. The Morgan fingerprint density at radius 2 is 1.71 bits per heavy atom. The summed E-state index contributed by atoms with van der Waals surface area (Å²) in [5, 5.41) is 0. The lowest BCUT2D eigenvalue weighted by atomic mass is 9.88. The van der Waals surface area contributed by atoms with Crippen molar-refractivity contribution >= 4 is 17.4 Å². The van der Waals surface area contributed by atoms with E-state index in [1.807, 2.05) is 60.4 Å². The molecule has 2 amide bonds. The summed E-state index contributed by atoms with van der Waals surface area (Å²) >= 11 is 0. The number of fused-ring (bicyclic) bond motifs is 1. The van der Waals surface area contributed by atoms with Gasteiger partial charge in [-0.15, -0.1) is 0 Å². The molecule has 4 nitrogen and oxygen atoms in total. The highest BCUT2D eigenvalue weighted by Gasteiger charge is 2.32. The van der Waals surface area contributed by atoms with Crippen molar-refractivity contribution in [2.75, 3.05) is 6.54 Å². The summed E-state index contributed by atoms with van der Waals surface area (Å²) in [7, 11) is 0. The topological polar surface area (TPSA) is 63.4 Å². The van der Waals surface area contributed by atoms with Crippen molar-refractivity contribution in [3.05, 3.63) is 77.4 Å². The van der Waals surface area contributed by atoms with Crippen LogP contribution in [-0.2, 0) is 11.2 Å². The lowest BCUT2D eigenvalue weighted by Gasteiger charge is -2.36. The standard InChI is InChI=1S/C20H20N2O2/c1-14-18(13-19(21)23)16-9-5-6-10-17(16)20(24)22(14)12-11-15-7-3-2-4-8-15/h2-10,13-14H,11-12H2,1H3,(H2,21,23)/b18-13+. The molecule has 1 aliphatic heterocycles. The summed E-state index contributed by atoms with van der Waals surface area (Å²) in [6, 6.07) is 17.2. The molecular formula is C20H20N2O2. The van der Waals surface area contributed by atoms with E-state index in [4.69, 9.17) is 5.73 Å². The zero-order chi connectivity index (χ0) is 17.1. The molecule has 1 atom stereocenters. The van der Waals surface area contributed by atoms with E-state index >= 15 is 0 Å². The van der Waals surface area contributed by atoms with Crippen molar-refractivity contribution in [1.29, 1.82) is 0 Å². The maximum atomic E-state index is 12.9. The number of carbonyl (C=O) groups excluding carboxylic acids is 2. The minimum Gasteiger partial charge on any atom is -0.366 e. The number of nitrogens with zero attached hydrogens (tertiary/aromatic N) is 1. The van der Waals surface area contributed by atoms with E-state index in [9.17, 15) is 9.59 Å². The minimum absolute atomic E-state index is 0.00403. The van der Waals surface area contributed by atoms with E-state index in [2.05, 4.69) is 0 Å². The Labute approximate surface area is 141 Å². The lowest BCUT2D eigenvalue weighted by molar-refractivity contribution is -0.113. The van der Waals surface area contributed by atoms with Crippen molar-refractivity contribution in [3.63, 3.8) is 0 Å². The molecule has 0 saturated heterocycles. The van der Waals surface area contributed by atoms with Gasteiger partial charge < -0.3 is 10.6 Å². The van der Waals surface area contributed by atoms with E-state index in [0.29, 0.717) is 12.1 Å². The van der Waals surface area contributed by atoms with Gasteiger partial charge in [-0.05, 0) is 36.1 Å². The Balaban J connectivity index is 1.93. The Bertz CT molecular complexity index is 796. The molecule has 0 spiro atoms. The smallest absolute Gasteiger partial charge is 0.254 e. The largest absolute Gasteiger partial charge is 0.366 e. The molecule has 2 aromatic carbocycles. The highest BCUT2D eigenvalue weighted by Crippen LogP contribution is 2.32. The van der Waals surface area contributed by atoms with Crippen molar-refractivity contribution in [3.8, 4) is 0 Å². The molecule has 1 heterocycles. The minimum atomic E-state index is -0.496. The molecule has 0 saturated carbocycles. The fourth-order valence-electron chi connectivity index (χ4n) is 3.19. The van der Waals surface area contributed by atoms with Crippen LogP contribution in [0.25, 0.3) is 5.57 Å². The second-order valence-corrected chi connectivity index (χ2v) is 5.96. The van der Waals surface area contributed by atoms with Crippen LogP contribution in [-0.4, -0.2) is 29.3 Å². The molecule has 24 heavy (non-hydrogen) atoms. The first kappa shape index (κ1) is 16.0. The van der Waals surface area contributed by atoms with Gasteiger partial charge in [-0.1, -0.05) is 48.5 Å². The van der Waals surface area contributed by atoms with E-state index < -0.39 is 5.91 Å². The van der Waals surface area contributed by atoms with Gasteiger partial charge in [0, 0.05) is 18.2 Å². The quantitative estimate of drug-likeness (QED) is 0.880. The van der Waals surface area contributed by atoms with Crippen LogP contribution in [0.2, 0.25) is 0 Å². The fraction of sp³-hybridized carbons (Fsp3) is 0.200. The Morgan fingerprint density at radius 1 is 1.08 bits per heavy atom.